The van der Waals surface area contributed by atoms with Crippen molar-refractivity contribution in [3.63, 3.8) is 0 Å². The summed E-state index contributed by atoms with van der Waals surface area (Å²) in [5.74, 6) is -1.62. The van der Waals surface area contributed by atoms with Crippen LogP contribution in [0.3, 0.4) is 0 Å². The van der Waals surface area contributed by atoms with Gasteiger partial charge >= 0.3 is 0 Å². The number of non-ortho nitro benzene ring substituents is 1. The number of rotatable bonds is 5. The van der Waals surface area contributed by atoms with Gasteiger partial charge in [0.1, 0.15) is 11.5 Å². The molecule has 1 aromatic heterocycles. The second-order valence-electron chi connectivity index (χ2n) is 7.17. The van der Waals surface area contributed by atoms with Crippen LogP contribution in [0.15, 0.2) is 76.9 Å². The van der Waals surface area contributed by atoms with E-state index in [0.717, 1.165) is 5.56 Å². The zero-order valence-corrected chi connectivity index (χ0v) is 16.5. The summed E-state index contributed by atoms with van der Waals surface area (Å²) in [5.41, 5.74) is 1.22. The van der Waals surface area contributed by atoms with Crippen LogP contribution < -0.4 is 0 Å². The predicted octanol–water partition coefficient (Wildman–Crippen LogP) is 4.12. The Hall–Kier alpha value is -4.20. The third-order valence-electron chi connectivity index (χ3n) is 5.26. The molecule has 2 heterocycles. The second kappa shape index (κ2) is 7.91. The zero-order valence-electron chi connectivity index (χ0n) is 16.5. The summed E-state index contributed by atoms with van der Waals surface area (Å²) in [6.45, 7) is 1.87. The number of amides is 1. The number of likely N-dealkylation sites (tertiary alicyclic amines) is 1. The van der Waals surface area contributed by atoms with Gasteiger partial charge in [0.2, 0.25) is 0 Å². The summed E-state index contributed by atoms with van der Waals surface area (Å²) in [7, 11) is 0. The number of hydrogen-bond acceptors (Lipinski definition) is 6. The number of nitro groups is 1. The maximum absolute atomic E-state index is 13.0. The number of Topliss-reactive ketones (excluding diaryl/α,β-unsaturated/α-hetero) is 1. The summed E-state index contributed by atoms with van der Waals surface area (Å²) in [5, 5.41) is 22.2. The number of carbonyl (C=O) groups excluding carboxylic acids is 2. The van der Waals surface area contributed by atoms with Crippen LogP contribution in [0, 0.1) is 17.0 Å². The summed E-state index contributed by atoms with van der Waals surface area (Å²) in [4.78, 5) is 37.8. The molecule has 1 N–H and O–H groups in total. The van der Waals surface area contributed by atoms with E-state index < -0.39 is 28.4 Å². The lowest BCUT2D eigenvalue weighted by Gasteiger charge is -2.25. The van der Waals surface area contributed by atoms with Crippen molar-refractivity contribution >= 4 is 23.1 Å². The molecule has 0 aliphatic carbocycles. The third kappa shape index (κ3) is 3.59. The minimum Gasteiger partial charge on any atom is -0.507 e. The Morgan fingerprint density at radius 2 is 1.90 bits per heavy atom. The van der Waals surface area contributed by atoms with Gasteiger partial charge in [-0.3, -0.25) is 19.7 Å². The molecular weight excluding hydrogens is 400 g/mol. The van der Waals surface area contributed by atoms with E-state index in [4.69, 9.17) is 4.42 Å². The van der Waals surface area contributed by atoms with Crippen LogP contribution in [0.25, 0.3) is 5.76 Å². The number of aliphatic hydroxyl groups is 1. The molecule has 8 heteroatoms. The van der Waals surface area contributed by atoms with Crippen LogP contribution in [-0.4, -0.2) is 26.6 Å². The first-order valence-corrected chi connectivity index (χ1v) is 9.49. The van der Waals surface area contributed by atoms with Gasteiger partial charge in [0.05, 0.1) is 29.3 Å². The largest absolute Gasteiger partial charge is 0.507 e. The van der Waals surface area contributed by atoms with Crippen LogP contribution in [0.1, 0.15) is 28.5 Å². The van der Waals surface area contributed by atoms with Crippen LogP contribution in [0.5, 0.6) is 0 Å². The minimum atomic E-state index is -0.870. The smallest absolute Gasteiger partial charge is 0.296 e. The first-order chi connectivity index (χ1) is 14.9. The van der Waals surface area contributed by atoms with Gasteiger partial charge < -0.3 is 14.4 Å². The Morgan fingerprint density at radius 1 is 1.13 bits per heavy atom. The monoisotopic (exact) mass is 418 g/mol. The number of hydrogen-bond donors (Lipinski definition) is 1. The quantitative estimate of drug-likeness (QED) is 0.219. The SMILES string of the molecule is Cc1ccccc1C1/C(=C(\O)c2cccc([N+](=O)[O-])c2)C(=O)C(=O)N1Cc1ccco1. The molecule has 1 saturated heterocycles. The van der Waals surface area contributed by atoms with Gasteiger partial charge in [0.25, 0.3) is 17.4 Å². The highest BCUT2D eigenvalue weighted by molar-refractivity contribution is 6.46. The average Bonchev–Trinajstić information content (AvgIpc) is 3.36. The summed E-state index contributed by atoms with van der Waals surface area (Å²) < 4.78 is 5.36. The van der Waals surface area contributed by atoms with E-state index in [9.17, 15) is 24.8 Å². The first-order valence-electron chi connectivity index (χ1n) is 9.49. The molecule has 0 spiro atoms. The van der Waals surface area contributed by atoms with Gasteiger partial charge in [-0.2, -0.15) is 0 Å². The van der Waals surface area contributed by atoms with Gasteiger partial charge in [-0.1, -0.05) is 36.4 Å². The van der Waals surface area contributed by atoms with E-state index in [1.54, 1.807) is 24.3 Å². The number of benzene rings is 2. The van der Waals surface area contributed by atoms with Crippen molar-refractivity contribution in [2.75, 3.05) is 0 Å². The molecule has 1 atom stereocenters. The molecule has 8 nitrogen and oxygen atoms in total. The van der Waals surface area contributed by atoms with Crippen LogP contribution >= 0.6 is 0 Å². The minimum absolute atomic E-state index is 0.0301. The molecule has 3 aromatic rings. The molecule has 0 saturated carbocycles. The topological polar surface area (TPSA) is 114 Å². The predicted molar refractivity (Wildman–Crippen MR) is 111 cm³/mol. The van der Waals surface area contributed by atoms with Crippen molar-refractivity contribution < 1.29 is 24.0 Å². The molecule has 0 radical (unpaired) electrons. The number of nitro benzene ring substituents is 1. The fourth-order valence-corrected chi connectivity index (χ4v) is 3.75. The van der Waals surface area contributed by atoms with Crippen LogP contribution in [0.4, 0.5) is 5.69 Å². The Bertz CT molecular complexity index is 1210. The molecular formula is C23H18N2O6. The lowest BCUT2D eigenvalue weighted by molar-refractivity contribution is -0.384. The third-order valence-corrected chi connectivity index (χ3v) is 5.26. The Kier molecular flexibility index (Phi) is 5.12. The number of furan rings is 1. The number of aryl methyl sites for hydroxylation is 1. The molecule has 1 fully saturated rings. The normalized spacial score (nSPS) is 17.8. The van der Waals surface area contributed by atoms with Crippen LogP contribution in [0.2, 0.25) is 0 Å². The Balaban J connectivity index is 1.90. The molecule has 31 heavy (non-hydrogen) atoms. The molecule has 1 aliphatic heterocycles. The Labute approximate surface area is 177 Å². The van der Waals surface area contributed by atoms with E-state index >= 15 is 0 Å². The summed E-state index contributed by atoms with van der Waals surface area (Å²) >= 11 is 0. The second-order valence-corrected chi connectivity index (χ2v) is 7.17. The van der Waals surface area contributed by atoms with Gasteiger partial charge in [0.15, 0.2) is 0 Å². The van der Waals surface area contributed by atoms with Crippen molar-refractivity contribution in [2.24, 2.45) is 0 Å². The van der Waals surface area contributed by atoms with Gasteiger partial charge in [0, 0.05) is 17.7 Å². The number of carbonyl (C=O) groups is 2. The number of ketones is 1. The summed E-state index contributed by atoms with van der Waals surface area (Å²) in [6, 6.07) is 15.1. The van der Waals surface area contributed by atoms with E-state index in [1.807, 2.05) is 19.1 Å². The highest BCUT2D eigenvalue weighted by Crippen LogP contribution is 2.41. The van der Waals surface area contributed by atoms with Crippen molar-refractivity contribution in [1.29, 1.82) is 0 Å². The lowest BCUT2D eigenvalue weighted by Crippen LogP contribution is -2.29. The zero-order chi connectivity index (χ0) is 22.1. The van der Waals surface area contributed by atoms with Crippen LogP contribution in [-0.2, 0) is 16.1 Å². The molecule has 1 amide bonds. The maximum Gasteiger partial charge on any atom is 0.296 e. The van der Waals surface area contributed by atoms with E-state index in [2.05, 4.69) is 0 Å². The number of nitrogens with zero attached hydrogens (tertiary/aromatic N) is 2. The van der Waals surface area contributed by atoms with Gasteiger partial charge in [-0.25, -0.2) is 0 Å². The fourth-order valence-electron chi connectivity index (χ4n) is 3.75. The molecule has 4 rings (SSSR count). The van der Waals surface area contributed by atoms with Gasteiger partial charge in [-0.05, 0) is 30.2 Å². The number of aliphatic hydroxyl groups excluding tert-OH is 1. The first kappa shape index (κ1) is 20.1. The van der Waals surface area contributed by atoms with Gasteiger partial charge in [-0.15, -0.1) is 0 Å². The maximum atomic E-state index is 13.0. The van der Waals surface area contributed by atoms with E-state index in [1.165, 1.54) is 35.4 Å². The van der Waals surface area contributed by atoms with Crippen molar-refractivity contribution in [1.82, 2.24) is 4.90 Å². The fraction of sp³-hybridized carbons (Fsp3) is 0.130. The van der Waals surface area contributed by atoms with Crippen molar-refractivity contribution in [2.45, 2.75) is 19.5 Å². The molecule has 1 unspecified atom stereocenters. The van der Waals surface area contributed by atoms with E-state index in [-0.39, 0.29) is 23.4 Å². The summed E-state index contributed by atoms with van der Waals surface area (Å²) in [6.07, 6.45) is 1.47. The molecule has 0 bridgehead atoms. The highest BCUT2D eigenvalue weighted by Gasteiger charge is 2.46. The standard InChI is InChI=1S/C23H18N2O6/c1-14-6-2-3-10-18(14)20-19(21(26)15-7-4-8-16(12-15)25(29)30)22(27)23(28)24(20)13-17-9-5-11-31-17/h2-12,20,26H,13H2,1H3/b21-19+. The van der Waals surface area contributed by atoms with Crippen molar-refractivity contribution in [3.05, 3.63) is 105 Å². The molecule has 2 aromatic carbocycles. The average molecular weight is 418 g/mol. The van der Waals surface area contributed by atoms with Crippen molar-refractivity contribution in [3.8, 4) is 0 Å². The molecule has 156 valence electrons. The molecule has 1 aliphatic rings. The highest BCUT2D eigenvalue weighted by atomic mass is 16.6. The lowest BCUT2D eigenvalue weighted by atomic mass is 9.92. The Morgan fingerprint density at radius 3 is 2.58 bits per heavy atom. The van der Waals surface area contributed by atoms with E-state index in [0.29, 0.717) is 11.3 Å².